The number of nitrogens with zero attached hydrogens (tertiary/aromatic N) is 2. The number of azo groups is 1. The second kappa shape index (κ2) is 9.98. The van der Waals surface area contributed by atoms with Gasteiger partial charge < -0.3 is 15.2 Å². The minimum atomic E-state index is -4.82. The number of hydrogen-bond donors (Lipinski definition) is 3. The first-order valence-corrected chi connectivity index (χ1v) is 13.0. The Morgan fingerprint density at radius 3 is 2.03 bits per heavy atom. The van der Waals surface area contributed by atoms with Crippen molar-refractivity contribution in [2.45, 2.75) is 9.79 Å². The molecule has 0 aromatic heterocycles. The lowest BCUT2D eigenvalue weighted by Gasteiger charge is -2.14. The molecule has 0 fully saturated rings. The van der Waals surface area contributed by atoms with Crippen LogP contribution in [0.4, 0.5) is 17.1 Å². The number of nitrogen functional groups attached to an aromatic ring is 1. The van der Waals surface area contributed by atoms with Gasteiger partial charge in [0, 0.05) is 6.07 Å². The van der Waals surface area contributed by atoms with E-state index in [-0.39, 0.29) is 22.0 Å². The van der Waals surface area contributed by atoms with Crippen LogP contribution in [0.15, 0.2) is 50.4 Å². The normalized spacial score (nSPS) is 12.7. The third kappa shape index (κ3) is 6.83. The van der Waals surface area contributed by atoms with E-state index in [4.69, 9.17) is 19.8 Å². The van der Waals surface area contributed by atoms with Gasteiger partial charge in [-0.25, -0.2) is 12.6 Å². The van der Waals surface area contributed by atoms with Gasteiger partial charge in [0.2, 0.25) is 0 Å². The van der Waals surface area contributed by atoms with Crippen LogP contribution in [-0.2, 0) is 34.5 Å². The van der Waals surface area contributed by atoms with Crippen LogP contribution in [0, 0.1) is 0 Å². The summed E-state index contributed by atoms with van der Waals surface area (Å²) in [5, 5.41) is 7.74. The second-order valence-electron chi connectivity index (χ2n) is 6.11. The van der Waals surface area contributed by atoms with E-state index in [0.29, 0.717) is 0 Å². The lowest BCUT2D eigenvalue weighted by atomic mass is 10.2. The summed E-state index contributed by atoms with van der Waals surface area (Å²) in [5.74, 6) is -1.22. The van der Waals surface area contributed by atoms with Crippen LogP contribution < -0.4 is 15.2 Å². The van der Waals surface area contributed by atoms with Crippen LogP contribution in [0.2, 0.25) is 0 Å². The summed E-state index contributed by atoms with van der Waals surface area (Å²) < 4.78 is 101. The molecule has 0 spiro atoms. The number of methoxy groups -OCH3 is 2. The molecule has 182 valence electrons. The van der Waals surface area contributed by atoms with Gasteiger partial charge in [0.25, 0.3) is 0 Å². The van der Waals surface area contributed by atoms with Crippen molar-refractivity contribution in [1.29, 1.82) is 0 Å². The zero-order valence-corrected chi connectivity index (χ0v) is 19.5. The maximum absolute atomic E-state index is 12.2. The van der Waals surface area contributed by atoms with Crippen molar-refractivity contribution in [3.05, 3.63) is 30.3 Å². The molecular weight excluding hydrogens is 506 g/mol. The van der Waals surface area contributed by atoms with E-state index < -0.39 is 59.0 Å². The van der Waals surface area contributed by atoms with Crippen LogP contribution in [0.25, 0.3) is 0 Å². The molecule has 4 N–H and O–H groups in total. The molecule has 0 heterocycles. The van der Waals surface area contributed by atoms with Crippen LogP contribution in [0.1, 0.15) is 0 Å². The third-order valence-corrected chi connectivity index (χ3v) is 7.03. The molecule has 14 nitrogen and oxygen atoms in total. The smallest absolute Gasteiger partial charge is 0.397 e. The average Bonchev–Trinajstić information content (AvgIpc) is 2.70. The molecule has 0 aliphatic rings. The van der Waals surface area contributed by atoms with Crippen molar-refractivity contribution in [3.63, 3.8) is 0 Å². The summed E-state index contributed by atoms with van der Waals surface area (Å²) >= 11 is 0. The quantitative estimate of drug-likeness (QED) is 0.228. The third-order valence-electron chi connectivity index (χ3n) is 3.95. The average molecular weight is 526 g/mol. The fourth-order valence-electron chi connectivity index (χ4n) is 2.51. The minimum absolute atomic E-state index is 0.120. The highest BCUT2D eigenvalue weighted by Crippen LogP contribution is 2.44. The van der Waals surface area contributed by atoms with Gasteiger partial charge in [0.05, 0.1) is 42.8 Å². The van der Waals surface area contributed by atoms with Crippen molar-refractivity contribution < 1.29 is 48.0 Å². The van der Waals surface area contributed by atoms with Gasteiger partial charge >= 0.3 is 20.5 Å². The number of ether oxygens (including phenoxy) is 2. The highest BCUT2D eigenvalue weighted by molar-refractivity contribution is 7.91. The zero-order valence-electron chi connectivity index (χ0n) is 17.1. The molecule has 0 bridgehead atoms. The SMILES string of the molecule is COc1cc(N=Nc2ccc(S(=O)(=O)CCOS(=O)(=O)O)cc2)c(OC)c(S(=O)(=O)O)c1N. The second-order valence-corrected chi connectivity index (χ2v) is 10.7. The van der Waals surface area contributed by atoms with Crippen LogP contribution in [0.5, 0.6) is 11.5 Å². The van der Waals surface area contributed by atoms with Crippen molar-refractivity contribution in [2.75, 3.05) is 32.3 Å². The van der Waals surface area contributed by atoms with Crippen LogP contribution >= 0.6 is 0 Å². The zero-order chi connectivity index (χ0) is 25.0. The molecule has 0 amide bonds. The van der Waals surface area contributed by atoms with Crippen molar-refractivity contribution in [1.82, 2.24) is 0 Å². The highest BCUT2D eigenvalue weighted by atomic mass is 32.3. The number of benzene rings is 2. The van der Waals surface area contributed by atoms with Gasteiger partial charge in [-0.3, -0.25) is 9.11 Å². The summed E-state index contributed by atoms with van der Waals surface area (Å²) in [6.45, 7) is -0.780. The topological polar surface area (TPSA) is 221 Å². The summed E-state index contributed by atoms with van der Waals surface area (Å²) in [6.07, 6.45) is 0. The number of nitrogens with two attached hydrogens (primary N) is 1. The monoisotopic (exact) mass is 525 g/mol. The fourth-order valence-corrected chi connectivity index (χ4v) is 4.80. The highest BCUT2D eigenvalue weighted by Gasteiger charge is 2.27. The molecule has 0 radical (unpaired) electrons. The Hall–Kier alpha value is -2.83. The van der Waals surface area contributed by atoms with Crippen LogP contribution in [-0.4, -0.2) is 60.9 Å². The first kappa shape index (κ1) is 26.4. The molecule has 0 aliphatic heterocycles. The molecule has 0 unspecified atom stereocenters. The first-order valence-electron chi connectivity index (χ1n) is 8.58. The summed E-state index contributed by atoms with van der Waals surface area (Å²) in [6, 6.07) is 6.10. The Kier molecular flexibility index (Phi) is 7.99. The van der Waals surface area contributed by atoms with E-state index in [1.807, 2.05) is 0 Å². The Morgan fingerprint density at radius 2 is 1.55 bits per heavy atom. The molecular formula is C16H19N3O11S3. The maximum atomic E-state index is 12.2. The van der Waals surface area contributed by atoms with E-state index in [1.165, 1.54) is 37.4 Å². The van der Waals surface area contributed by atoms with Gasteiger partial charge in [-0.1, -0.05) is 0 Å². The van der Waals surface area contributed by atoms with Gasteiger partial charge in [0.15, 0.2) is 20.5 Å². The summed E-state index contributed by atoms with van der Waals surface area (Å²) in [7, 11) is -11.2. The maximum Gasteiger partial charge on any atom is 0.397 e. The summed E-state index contributed by atoms with van der Waals surface area (Å²) in [4.78, 5) is -0.937. The number of anilines is 1. The lowest BCUT2D eigenvalue weighted by molar-refractivity contribution is 0.284. The van der Waals surface area contributed by atoms with Crippen molar-refractivity contribution >= 4 is 47.4 Å². The first-order chi connectivity index (χ1) is 15.2. The molecule has 17 heteroatoms. The predicted octanol–water partition coefficient (Wildman–Crippen LogP) is 1.54. The molecule has 2 aromatic carbocycles. The Labute approximate surface area is 189 Å². The van der Waals surface area contributed by atoms with E-state index in [1.54, 1.807) is 0 Å². The van der Waals surface area contributed by atoms with E-state index in [2.05, 4.69) is 14.4 Å². The predicted molar refractivity (Wildman–Crippen MR) is 114 cm³/mol. The lowest BCUT2D eigenvalue weighted by Crippen LogP contribution is -2.15. The minimum Gasteiger partial charge on any atom is -0.494 e. The number of hydrogen-bond acceptors (Lipinski definition) is 12. The van der Waals surface area contributed by atoms with E-state index in [0.717, 1.165) is 7.11 Å². The van der Waals surface area contributed by atoms with E-state index in [9.17, 15) is 29.8 Å². The van der Waals surface area contributed by atoms with Gasteiger partial charge in [0.1, 0.15) is 11.4 Å². The molecule has 0 saturated heterocycles. The van der Waals surface area contributed by atoms with E-state index >= 15 is 0 Å². The molecule has 0 atom stereocenters. The summed E-state index contributed by atoms with van der Waals surface area (Å²) in [5.41, 5.74) is 5.31. The van der Waals surface area contributed by atoms with Gasteiger partial charge in [-0.15, -0.1) is 5.11 Å². The molecule has 2 rings (SSSR count). The van der Waals surface area contributed by atoms with Crippen LogP contribution in [0.3, 0.4) is 0 Å². The fraction of sp³-hybridized carbons (Fsp3) is 0.250. The standard InChI is InChI=1S/C16H19N3O11S3/c1-28-13-9-12(15(29-2)16(14(13)17)32(22,23)24)19-18-10-3-5-11(6-4-10)31(20,21)8-7-30-33(25,26)27/h3-6,9H,7-8,17H2,1-2H3,(H,22,23,24)(H,25,26,27). The molecule has 33 heavy (non-hydrogen) atoms. The van der Waals surface area contributed by atoms with Gasteiger partial charge in [-0.2, -0.15) is 21.9 Å². The Morgan fingerprint density at radius 1 is 0.939 bits per heavy atom. The number of sulfone groups is 1. The largest absolute Gasteiger partial charge is 0.494 e. The van der Waals surface area contributed by atoms with Gasteiger partial charge in [-0.05, 0) is 24.3 Å². The molecule has 0 aliphatic carbocycles. The number of rotatable bonds is 10. The van der Waals surface area contributed by atoms with Crippen molar-refractivity contribution in [3.8, 4) is 11.5 Å². The van der Waals surface area contributed by atoms with Crippen molar-refractivity contribution in [2.24, 2.45) is 10.2 Å². The Bertz CT molecular complexity index is 1370. The molecule has 2 aromatic rings. The molecule has 0 saturated carbocycles. The Balaban J connectivity index is 2.35.